The molecule has 7 nitrogen and oxygen atoms in total. The van der Waals surface area contributed by atoms with Crippen molar-refractivity contribution in [3.05, 3.63) is 21.9 Å². The van der Waals surface area contributed by atoms with E-state index in [0.29, 0.717) is 32.9 Å². The lowest BCUT2D eigenvalue weighted by Gasteiger charge is -2.14. The van der Waals surface area contributed by atoms with Crippen molar-refractivity contribution in [2.45, 2.75) is 19.9 Å². The number of nitrogens with one attached hydrogen (secondary N) is 1. The fourth-order valence-electron chi connectivity index (χ4n) is 2.08. The average Bonchev–Trinajstić information content (AvgIpc) is 3.08. The van der Waals surface area contributed by atoms with Gasteiger partial charge in [-0.15, -0.1) is 5.10 Å². The van der Waals surface area contributed by atoms with Gasteiger partial charge in [-0.25, -0.2) is 0 Å². The van der Waals surface area contributed by atoms with E-state index < -0.39 is 0 Å². The highest BCUT2D eigenvalue weighted by atomic mass is 35.5. The number of hydrogen-bond acceptors (Lipinski definition) is 6. The molecule has 2 aromatic rings. The van der Waals surface area contributed by atoms with Crippen LogP contribution in [0.15, 0.2) is 14.8 Å². The summed E-state index contributed by atoms with van der Waals surface area (Å²) in [6, 6.07) is 1.60. The Bertz CT molecular complexity index is 766. The maximum absolute atomic E-state index is 6.33. The minimum Gasteiger partial charge on any atom is -0.308 e. The van der Waals surface area contributed by atoms with Crippen LogP contribution in [-0.4, -0.2) is 26.8 Å². The van der Waals surface area contributed by atoms with E-state index in [4.69, 9.17) is 23.2 Å². The zero-order chi connectivity index (χ0) is 15.0. The van der Waals surface area contributed by atoms with Gasteiger partial charge in [-0.05, 0) is 30.0 Å². The van der Waals surface area contributed by atoms with Gasteiger partial charge in [0.2, 0.25) is 0 Å². The van der Waals surface area contributed by atoms with Gasteiger partial charge in [-0.3, -0.25) is 0 Å². The van der Waals surface area contributed by atoms with Gasteiger partial charge >= 0.3 is 0 Å². The lowest BCUT2D eigenvalue weighted by molar-refractivity contribution is 0.551. The van der Waals surface area contributed by atoms with Crippen molar-refractivity contribution in [1.82, 2.24) is 25.5 Å². The predicted octanol–water partition coefficient (Wildman–Crippen LogP) is 3.37. The van der Waals surface area contributed by atoms with Crippen LogP contribution in [0.25, 0.3) is 5.69 Å². The Balaban J connectivity index is 2.18. The van der Waals surface area contributed by atoms with Crippen LogP contribution in [0.3, 0.4) is 0 Å². The van der Waals surface area contributed by atoms with Crippen LogP contribution >= 0.6 is 23.2 Å². The number of rotatable bonds is 4. The Morgan fingerprint density at radius 1 is 1.29 bits per heavy atom. The molecular formula is C11H11Cl2N7S. The maximum Gasteiger partial charge on any atom is 0.173 e. The zero-order valence-corrected chi connectivity index (χ0v) is 13.5. The van der Waals surface area contributed by atoms with Gasteiger partial charge in [0, 0.05) is 0 Å². The van der Waals surface area contributed by atoms with Gasteiger partial charge in [0.15, 0.2) is 5.82 Å². The van der Waals surface area contributed by atoms with Gasteiger partial charge in [0.25, 0.3) is 0 Å². The van der Waals surface area contributed by atoms with Crippen molar-refractivity contribution in [2.24, 2.45) is 8.73 Å². The smallest absolute Gasteiger partial charge is 0.173 e. The molecule has 1 unspecified atom stereocenters. The topological polar surface area (TPSA) is 80.4 Å². The molecule has 110 valence electrons. The number of tetrazole rings is 1. The van der Waals surface area contributed by atoms with Crippen molar-refractivity contribution in [3.8, 4) is 5.69 Å². The molecule has 1 aliphatic heterocycles. The summed E-state index contributed by atoms with van der Waals surface area (Å²) in [4.78, 5) is 0. The van der Waals surface area contributed by atoms with Gasteiger partial charge in [0.05, 0.1) is 27.4 Å². The number of nitrogens with zero attached hydrogens (tertiary/aromatic N) is 6. The highest BCUT2D eigenvalue weighted by Gasteiger charge is 2.24. The summed E-state index contributed by atoms with van der Waals surface area (Å²) in [5, 5.41) is 16.0. The Kier molecular flexibility index (Phi) is 4.03. The van der Waals surface area contributed by atoms with Crippen LogP contribution in [0.1, 0.15) is 25.7 Å². The Morgan fingerprint density at radius 3 is 2.81 bits per heavy atom. The molecule has 10 heteroatoms. The first-order valence-electron chi connectivity index (χ1n) is 6.25. The van der Waals surface area contributed by atoms with Crippen LogP contribution in [0, 0.1) is 0 Å². The molecule has 0 aliphatic carbocycles. The predicted molar refractivity (Wildman–Crippen MR) is 82.8 cm³/mol. The molecule has 0 spiro atoms. The molecule has 1 atom stereocenters. The molecule has 0 amide bonds. The second kappa shape index (κ2) is 5.80. The highest BCUT2D eigenvalue weighted by Crippen LogP contribution is 2.46. The van der Waals surface area contributed by atoms with E-state index in [1.807, 2.05) is 13.8 Å². The van der Waals surface area contributed by atoms with Crippen molar-refractivity contribution >= 4 is 45.9 Å². The van der Waals surface area contributed by atoms with E-state index in [2.05, 4.69) is 29.6 Å². The standard InChI is InChI=1S/C11H11Cl2N7S/c1-3-14-5(2)11-15-18-19-20(11)10-7(13)4-6(12)8-9(10)17-21-16-8/h4-5,14H,3H2,1-2H3. The maximum atomic E-state index is 6.33. The first kappa shape index (κ1) is 14.6. The minimum absolute atomic E-state index is 0.0293. The number of fused-ring (bicyclic) bond motifs is 1. The number of aromatic nitrogens is 4. The van der Waals surface area contributed by atoms with E-state index >= 15 is 0 Å². The summed E-state index contributed by atoms with van der Waals surface area (Å²) >= 11 is 13.5. The molecule has 2 heterocycles. The third kappa shape index (κ3) is 2.48. The summed E-state index contributed by atoms with van der Waals surface area (Å²) in [5.74, 6) is 0.648. The molecular weight excluding hydrogens is 333 g/mol. The van der Waals surface area contributed by atoms with Gasteiger partial charge in [-0.1, -0.05) is 30.1 Å². The van der Waals surface area contributed by atoms with Gasteiger partial charge in [-0.2, -0.15) is 13.4 Å². The molecule has 0 fully saturated rings. The van der Waals surface area contributed by atoms with E-state index in [0.717, 1.165) is 17.9 Å². The van der Waals surface area contributed by atoms with Crippen LogP contribution in [0.4, 0.5) is 11.4 Å². The second-order valence-corrected chi connectivity index (χ2v) is 5.72. The molecule has 0 radical (unpaired) electrons. The SMILES string of the molecule is CCNC(C)c1nnnn1-c1c(Cl)cc(Cl)c2c1N=S=N2. The largest absolute Gasteiger partial charge is 0.308 e. The Morgan fingerprint density at radius 2 is 2.05 bits per heavy atom. The molecule has 1 aromatic heterocycles. The van der Waals surface area contributed by atoms with Crippen molar-refractivity contribution in [3.63, 3.8) is 0 Å². The molecule has 1 aromatic carbocycles. The van der Waals surface area contributed by atoms with Crippen molar-refractivity contribution in [2.75, 3.05) is 6.54 Å². The van der Waals surface area contributed by atoms with E-state index in [-0.39, 0.29) is 6.04 Å². The fourth-order valence-corrected chi connectivity index (χ4v) is 3.27. The average molecular weight is 344 g/mol. The number of benzene rings is 1. The number of hydrogen-bond donors (Lipinski definition) is 1. The monoisotopic (exact) mass is 343 g/mol. The van der Waals surface area contributed by atoms with E-state index in [1.54, 1.807) is 10.7 Å². The fraction of sp³-hybridized carbons (Fsp3) is 0.364. The first-order chi connectivity index (χ1) is 10.1. The molecule has 0 saturated heterocycles. The summed E-state index contributed by atoms with van der Waals surface area (Å²) in [7, 11) is 0. The van der Waals surface area contributed by atoms with Crippen LogP contribution < -0.4 is 5.32 Å². The summed E-state index contributed by atoms with van der Waals surface area (Å²) in [6.45, 7) is 4.80. The lowest BCUT2D eigenvalue weighted by atomic mass is 10.2. The summed E-state index contributed by atoms with van der Waals surface area (Å²) < 4.78 is 10.0. The van der Waals surface area contributed by atoms with Crippen LogP contribution in [-0.2, 0) is 11.4 Å². The van der Waals surface area contributed by atoms with Crippen molar-refractivity contribution in [1.29, 1.82) is 0 Å². The lowest BCUT2D eigenvalue weighted by Crippen LogP contribution is -2.21. The highest BCUT2D eigenvalue weighted by molar-refractivity contribution is 7.58. The molecule has 0 bridgehead atoms. The first-order valence-corrected chi connectivity index (χ1v) is 7.74. The Labute approximate surface area is 134 Å². The van der Waals surface area contributed by atoms with Gasteiger partial charge < -0.3 is 5.32 Å². The summed E-state index contributed by atoms with van der Waals surface area (Å²) in [5.41, 5.74) is 1.78. The third-order valence-corrected chi connectivity index (χ3v) is 4.13. The van der Waals surface area contributed by atoms with Crippen molar-refractivity contribution < 1.29 is 0 Å². The molecule has 0 saturated carbocycles. The third-order valence-electron chi connectivity index (χ3n) is 3.02. The quantitative estimate of drug-likeness (QED) is 0.787. The van der Waals surface area contributed by atoms with E-state index in [1.165, 1.54) is 0 Å². The molecule has 1 aliphatic rings. The van der Waals surface area contributed by atoms with Gasteiger partial charge in [0.1, 0.15) is 17.1 Å². The summed E-state index contributed by atoms with van der Waals surface area (Å²) in [6.07, 6.45) is 0. The molecule has 21 heavy (non-hydrogen) atoms. The molecule has 1 N–H and O–H groups in total. The minimum atomic E-state index is -0.0293. The molecule has 3 rings (SSSR count). The van der Waals surface area contributed by atoms with E-state index in [9.17, 15) is 0 Å². The van der Waals surface area contributed by atoms with Crippen LogP contribution in [0.2, 0.25) is 10.0 Å². The second-order valence-electron chi connectivity index (χ2n) is 4.38. The Hall–Kier alpha value is -1.35. The van der Waals surface area contributed by atoms with Crippen LogP contribution in [0.5, 0.6) is 0 Å². The number of halogens is 2. The zero-order valence-electron chi connectivity index (χ0n) is 11.2. The normalized spacial score (nSPS) is 14.1.